The number of hydrogen-bond acceptors (Lipinski definition) is 3. The third-order valence-corrected chi connectivity index (χ3v) is 4.02. The lowest BCUT2D eigenvalue weighted by Crippen LogP contribution is -2.47. The molecule has 2 rings (SSSR count). The van der Waals surface area contributed by atoms with E-state index in [-0.39, 0.29) is 5.91 Å². The minimum Gasteiger partial charge on any atom is -0.379 e. The second-order valence-corrected chi connectivity index (χ2v) is 5.23. The molecular weight excluding hydrogens is 186 g/mol. The second kappa shape index (κ2) is 3.17. The summed E-state index contributed by atoms with van der Waals surface area (Å²) in [7, 11) is 0. The van der Waals surface area contributed by atoms with Gasteiger partial charge in [0.05, 0.1) is 0 Å². The van der Waals surface area contributed by atoms with Crippen LogP contribution in [0.2, 0.25) is 0 Å². The van der Waals surface area contributed by atoms with E-state index >= 15 is 0 Å². The molecule has 4 heteroatoms. The molecule has 1 aliphatic carbocycles. The average Bonchev–Trinajstić information content (AvgIpc) is 2.62. The molecule has 1 heterocycles. The van der Waals surface area contributed by atoms with Crippen molar-refractivity contribution in [1.29, 1.82) is 0 Å². The summed E-state index contributed by atoms with van der Waals surface area (Å²) in [6.45, 7) is 2.11. The van der Waals surface area contributed by atoms with Crippen LogP contribution in [-0.2, 0) is 4.79 Å². The van der Waals surface area contributed by atoms with E-state index < -0.39 is 5.60 Å². The molecule has 3 nitrogen and oxygen atoms in total. The first-order valence-corrected chi connectivity index (χ1v) is 5.88. The zero-order valence-electron chi connectivity index (χ0n) is 7.75. The third-order valence-electron chi connectivity index (χ3n) is 2.85. The van der Waals surface area contributed by atoms with Crippen molar-refractivity contribution in [3.63, 3.8) is 0 Å². The van der Waals surface area contributed by atoms with Crippen LogP contribution in [0.4, 0.5) is 0 Å². The van der Waals surface area contributed by atoms with E-state index in [4.69, 9.17) is 0 Å². The van der Waals surface area contributed by atoms with Crippen LogP contribution in [0.3, 0.4) is 0 Å². The maximum atomic E-state index is 11.6. The van der Waals surface area contributed by atoms with E-state index in [0.717, 1.165) is 12.2 Å². The van der Waals surface area contributed by atoms with E-state index in [0.29, 0.717) is 24.1 Å². The fraction of sp³-hybridized carbons (Fsp3) is 0.889. The minimum atomic E-state index is -1.08. The summed E-state index contributed by atoms with van der Waals surface area (Å²) < 4.78 is 0. The summed E-state index contributed by atoms with van der Waals surface area (Å²) in [5.74, 6) is 1.89. The Morgan fingerprint density at radius 3 is 2.85 bits per heavy atom. The Morgan fingerprint density at radius 1 is 1.69 bits per heavy atom. The van der Waals surface area contributed by atoms with Gasteiger partial charge in [0, 0.05) is 11.8 Å². The third kappa shape index (κ3) is 1.83. The Hall–Kier alpha value is -0.220. The topological polar surface area (TPSA) is 49.3 Å². The molecule has 0 aromatic heterocycles. The SMILES string of the molecule is C[C@@H]1C[C@H]1NC(=O)C1(O)CCSC1. The van der Waals surface area contributed by atoms with Crippen LogP contribution < -0.4 is 5.32 Å². The van der Waals surface area contributed by atoms with Crippen molar-refractivity contribution in [2.75, 3.05) is 11.5 Å². The number of carbonyl (C=O) groups is 1. The molecule has 0 aromatic carbocycles. The lowest BCUT2D eigenvalue weighted by Gasteiger charge is -2.20. The molecular formula is C9H15NO2S. The molecule has 0 radical (unpaired) electrons. The maximum absolute atomic E-state index is 11.6. The average molecular weight is 201 g/mol. The summed E-state index contributed by atoms with van der Waals surface area (Å²) in [6.07, 6.45) is 1.67. The van der Waals surface area contributed by atoms with Gasteiger partial charge in [-0.25, -0.2) is 0 Å². The fourth-order valence-corrected chi connectivity index (χ4v) is 2.80. The van der Waals surface area contributed by atoms with Crippen LogP contribution >= 0.6 is 11.8 Å². The van der Waals surface area contributed by atoms with E-state index in [2.05, 4.69) is 12.2 Å². The lowest BCUT2D eigenvalue weighted by atomic mass is 10.0. The molecule has 1 aliphatic heterocycles. The molecule has 0 bridgehead atoms. The Kier molecular flexibility index (Phi) is 2.28. The van der Waals surface area contributed by atoms with Gasteiger partial charge >= 0.3 is 0 Å². The van der Waals surface area contributed by atoms with Crippen LogP contribution in [0.15, 0.2) is 0 Å². The number of amides is 1. The molecule has 0 aromatic rings. The van der Waals surface area contributed by atoms with Gasteiger partial charge in [-0.3, -0.25) is 4.79 Å². The highest BCUT2D eigenvalue weighted by molar-refractivity contribution is 7.99. The number of carbonyl (C=O) groups excluding carboxylic acids is 1. The normalized spacial score (nSPS) is 43.2. The van der Waals surface area contributed by atoms with Gasteiger partial charge in [0.25, 0.3) is 5.91 Å². The van der Waals surface area contributed by atoms with Crippen molar-refractivity contribution >= 4 is 17.7 Å². The second-order valence-electron chi connectivity index (χ2n) is 4.13. The molecule has 74 valence electrons. The van der Waals surface area contributed by atoms with Gasteiger partial charge < -0.3 is 10.4 Å². The Morgan fingerprint density at radius 2 is 2.38 bits per heavy atom. The molecule has 13 heavy (non-hydrogen) atoms. The van der Waals surface area contributed by atoms with Crippen LogP contribution in [0.5, 0.6) is 0 Å². The van der Waals surface area contributed by atoms with Crippen molar-refractivity contribution < 1.29 is 9.90 Å². The Bertz CT molecular complexity index is 226. The molecule has 3 atom stereocenters. The van der Waals surface area contributed by atoms with Crippen molar-refractivity contribution in [1.82, 2.24) is 5.32 Å². The molecule has 2 fully saturated rings. The standard InChI is InChI=1S/C9H15NO2S/c1-6-4-7(6)10-8(11)9(12)2-3-13-5-9/h6-7,12H,2-5H2,1H3,(H,10,11)/t6-,7-,9?/m1/s1. The van der Waals surface area contributed by atoms with Crippen molar-refractivity contribution in [2.24, 2.45) is 5.92 Å². The monoisotopic (exact) mass is 201 g/mol. The van der Waals surface area contributed by atoms with Crippen LogP contribution in [0, 0.1) is 5.92 Å². The number of hydrogen-bond donors (Lipinski definition) is 2. The van der Waals surface area contributed by atoms with Crippen LogP contribution in [0.1, 0.15) is 19.8 Å². The zero-order valence-corrected chi connectivity index (χ0v) is 8.56. The van der Waals surface area contributed by atoms with E-state index in [1.165, 1.54) is 0 Å². The molecule has 1 amide bonds. The smallest absolute Gasteiger partial charge is 0.253 e. The predicted molar refractivity (Wildman–Crippen MR) is 52.6 cm³/mol. The minimum absolute atomic E-state index is 0.160. The lowest BCUT2D eigenvalue weighted by molar-refractivity contribution is -0.137. The Balaban J connectivity index is 1.88. The van der Waals surface area contributed by atoms with Gasteiger partial charge in [0.1, 0.15) is 0 Å². The van der Waals surface area contributed by atoms with Crippen LogP contribution in [0.25, 0.3) is 0 Å². The molecule has 1 saturated heterocycles. The first-order valence-electron chi connectivity index (χ1n) is 4.73. The van der Waals surface area contributed by atoms with Gasteiger partial charge in [0.15, 0.2) is 5.60 Å². The van der Waals surface area contributed by atoms with Crippen molar-refractivity contribution in [3.05, 3.63) is 0 Å². The van der Waals surface area contributed by atoms with Gasteiger partial charge in [-0.2, -0.15) is 11.8 Å². The van der Waals surface area contributed by atoms with E-state index in [9.17, 15) is 9.90 Å². The van der Waals surface area contributed by atoms with Crippen LogP contribution in [-0.4, -0.2) is 34.2 Å². The van der Waals surface area contributed by atoms with Crippen molar-refractivity contribution in [2.45, 2.75) is 31.4 Å². The number of thioether (sulfide) groups is 1. The van der Waals surface area contributed by atoms with Gasteiger partial charge in [0.2, 0.25) is 0 Å². The first kappa shape index (κ1) is 9.34. The highest BCUT2D eigenvalue weighted by Crippen LogP contribution is 2.32. The number of aliphatic hydroxyl groups is 1. The van der Waals surface area contributed by atoms with E-state index in [1.54, 1.807) is 11.8 Å². The molecule has 1 saturated carbocycles. The quantitative estimate of drug-likeness (QED) is 0.679. The summed E-state index contributed by atoms with van der Waals surface area (Å²) in [4.78, 5) is 11.6. The molecule has 2 aliphatic rings. The van der Waals surface area contributed by atoms with Gasteiger partial charge in [-0.15, -0.1) is 0 Å². The molecule has 0 spiro atoms. The number of rotatable bonds is 2. The predicted octanol–water partition coefficient (Wildman–Crippen LogP) is 0.379. The molecule has 1 unspecified atom stereocenters. The van der Waals surface area contributed by atoms with Gasteiger partial charge in [-0.1, -0.05) is 6.92 Å². The number of nitrogens with one attached hydrogen (secondary N) is 1. The van der Waals surface area contributed by atoms with E-state index in [1.807, 2.05) is 0 Å². The largest absolute Gasteiger partial charge is 0.379 e. The maximum Gasteiger partial charge on any atom is 0.253 e. The zero-order chi connectivity index (χ0) is 9.47. The first-order chi connectivity index (χ1) is 6.12. The highest BCUT2D eigenvalue weighted by atomic mass is 32.2. The molecule has 2 N–H and O–H groups in total. The van der Waals surface area contributed by atoms with Gasteiger partial charge in [-0.05, 0) is 24.5 Å². The summed E-state index contributed by atoms with van der Waals surface area (Å²) >= 11 is 1.65. The highest BCUT2D eigenvalue weighted by Gasteiger charge is 2.43. The fourth-order valence-electron chi connectivity index (χ4n) is 1.56. The Labute approximate surface area is 82.3 Å². The summed E-state index contributed by atoms with van der Waals surface area (Å²) in [5.41, 5.74) is -1.08. The van der Waals surface area contributed by atoms with Crippen molar-refractivity contribution in [3.8, 4) is 0 Å². The summed E-state index contributed by atoms with van der Waals surface area (Å²) in [5, 5.41) is 12.8. The summed E-state index contributed by atoms with van der Waals surface area (Å²) in [6, 6.07) is 0.321.